The first-order valence-electron chi connectivity index (χ1n) is 4.92. The van der Waals surface area contributed by atoms with Gasteiger partial charge in [0.05, 0.1) is 18.1 Å². The van der Waals surface area contributed by atoms with Crippen molar-refractivity contribution in [3.8, 4) is 6.07 Å². The van der Waals surface area contributed by atoms with Gasteiger partial charge in [-0.05, 0) is 12.0 Å². The molecule has 1 rings (SSSR count). The molecule has 0 radical (unpaired) electrons. The van der Waals surface area contributed by atoms with Gasteiger partial charge in [0.25, 0.3) is 0 Å². The molecule has 0 aliphatic heterocycles. The SMILES string of the molecule is CCC[C@@H](C#N)[C@H](O)c1ccccc1. The number of aliphatic hydroxyl groups excluding tert-OH is 1. The van der Waals surface area contributed by atoms with Gasteiger partial charge in [0, 0.05) is 0 Å². The van der Waals surface area contributed by atoms with Crippen LogP contribution in [-0.4, -0.2) is 5.11 Å². The Morgan fingerprint density at radius 2 is 2.00 bits per heavy atom. The van der Waals surface area contributed by atoms with Crippen LogP contribution in [0.4, 0.5) is 0 Å². The average Bonchev–Trinajstić information content (AvgIpc) is 2.26. The molecule has 1 N–H and O–H groups in total. The fourth-order valence-corrected chi connectivity index (χ4v) is 1.49. The summed E-state index contributed by atoms with van der Waals surface area (Å²) < 4.78 is 0. The summed E-state index contributed by atoms with van der Waals surface area (Å²) >= 11 is 0. The Bertz CT molecular complexity index is 302. The van der Waals surface area contributed by atoms with E-state index in [2.05, 4.69) is 6.07 Å². The minimum Gasteiger partial charge on any atom is -0.387 e. The van der Waals surface area contributed by atoms with Crippen LogP contribution in [0, 0.1) is 17.2 Å². The average molecular weight is 189 g/mol. The number of benzene rings is 1. The van der Waals surface area contributed by atoms with E-state index in [0.717, 1.165) is 18.4 Å². The lowest BCUT2D eigenvalue weighted by molar-refractivity contribution is 0.130. The van der Waals surface area contributed by atoms with Crippen LogP contribution < -0.4 is 0 Å². The van der Waals surface area contributed by atoms with Crippen LogP contribution in [0.3, 0.4) is 0 Å². The lowest BCUT2D eigenvalue weighted by Gasteiger charge is -2.15. The second kappa shape index (κ2) is 5.41. The van der Waals surface area contributed by atoms with Crippen LogP contribution in [-0.2, 0) is 0 Å². The van der Waals surface area contributed by atoms with E-state index in [0.29, 0.717) is 0 Å². The van der Waals surface area contributed by atoms with Gasteiger partial charge in [0.2, 0.25) is 0 Å². The molecular formula is C12H15NO. The van der Waals surface area contributed by atoms with Gasteiger partial charge < -0.3 is 5.11 Å². The van der Waals surface area contributed by atoms with E-state index in [9.17, 15) is 5.11 Å². The summed E-state index contributed by atoms with van der Waals surface area (Å²) in [6, 6.07) is 11.5. The number of nitrogens with zero attached hydrogens (tertiary/aromatic N) is 1. The first-order valence-corrected chi connectivity index (χ1v) is 4.92. The quantitative estimate of drug-likeness (QED) is 0.791. The Morgan fingerprint density at radius 1 is 1.36 bits per heavy atom. The Labute approximate surface area is 84.8 Å². The van der Waals surface area contributed by atoms with Crippen molar-refractivity contribution >= 4 is 0 Å². The van der Waals surface area contributed by atoms with Crippen LogP contribution in [0.1, 0.15) is 31.4 Å². The summed E-state index contributed by atoms with van der Waals surface area (Å²) in [5.74, 6) is -0.289. The molecule has 0 heterocycles. The van der Waals surface area contributed by atoms with Crippen molar-refractivity contribution in [3.05, 3.63) is 35.9 Å². The van der Waals surface area contributed by atoms with Gasteiger partial charge >= 0.3 is 0 Å². The zero-order chi connectivity index (χ0) is 10.4. The fraction of sp³-hybridized carbons (Fsp3) is 0.417. The third-order valence-electron chi connectivity index (χ3n) is 2.29. The molecule has 2 atom stereocenters. The monoisotopic (exact) mass is 189 g/mol. The molecule has 0 aromatic heterocycles. The summed E-state index contributed by atoms with van der Waals surface area (Å²) in [6.07, 6.45) is 1.01. The van der Waals surface area contributed by atoms with E-state index in [1.165, 1.54) is 0 Å². The van der Waals surface area contributed by atoms with E-state index in [4.69, 9.17) is 5.26 Å². The van der Waals surface area contributed by atoms with Crippen molar-refractivity contribution in [1.29, 1.82) is 5.26 Å². The predicted molar refractivity (Wildman–Crippen MR) is 55.4 cm³/mol. The Balaban J connectivity index is 2.74. The molecule has 0 bridgehead atoms. The van der Waals surface area contributed by atoms with Gasteiger partial charge in [-0.25, -0.2) is 0 Å². The standard InChI is InChI=1S/C12H15NO/c1-2-6-11(9-13)12(14)10-7-4-3-5-8-10/h3-5,7-8,11-12,14H,2,6H2,1H3/t11-,12+/m0/s1. The van der Waals surface area contributed by atoms with Crippen LogP contribution in [0.15, 0.2) is 30.3 Å². The molecule has 0 spiro atoms. The molecule has 2 heteroatoms. The summed E-state index contributed by atoms with van der Waals surface area (Å²) in [5.41, 5.74) is 0.826. The Morgan fingerprint density at radius 3 is 2.50 bits per heavy atom. The highest BCUT2D eigenvalue weighted by atomic mass is 16.3. The second-order valence-electron chi connectivity index (χ2n) is 3.38. The molecule has 0 fully saturated rings. The van der Waals surface area contributed by atoms with Crippen molar-refractivity contribution in [2.75, 3.05) is 0 Å². The van der Waals surface area contributed by atoms with E-state index in [-0.39, 0.29) is 5.92 Å². The zero-order valence-electron chi connectivity index (χ0n) is 8.35. The zero-order valence-corrected chi connectivity index (χ0v) is 8.35. The molecular weight excluding hydrogens is 174 g/mol. The molecule has 1 aromatic carbocycles. The first-order chi connectivity index (χ1) is 6.79. The number of hydrogen-bond donors (Lipinski definition) is 1. The van der Waals surface area contributed by atoms with Gasteiger partial charge in [-0.1, -0.05) is 43.7 Å². The molecule has 14 heavy (non-hydrogen) atoms. The summed E-state index contributed by atoms with van der Waals surface area (Å²) in [7, 11) is 0. The van der Waals surface area contributed by atoms with Crippen LogP contribution in [0.2, 0.25) is 0 Å². The Hall–Kier alpha value is -1.33. The predicted octanol–water partition coefficient (Wildman–Crippen LogP) is 2.66. The highest BCUT2D eigenvalue weighted by molar-refractivity contribution is 5.19. The van der Waals surface area contributed by atoms with Gasteiger partial charge in [-0.2, -0.15) is 5.26 Å². The summed E-state index contributed by atoms with van der Waals surface area (Å²) in [5, 5.41) is 18.8. The number of aliphatic hydroxyl groups is 1. The minimum atomic E-state index is -0.652. The molecule has 2 nitrogen and oxygen atoms in total. The molecule has 0 saturated heterocycles. The van der Waals surface area contributed by atoms with Gasteiger partial charge in [0.15, 0.2) is 0 Å². The normalized spacial score (nSPS) is 14.4. The first kappa shape index (κ1) is 10.7. The minimum absolute atomic E-state index is 0.289. The maximum Gasteiger partial charge on any atom is 0.0948 e. The summed E-state index contributed by atoms with van der Waals surface area (Å²) in [4.78, 5) is 0. The Kier molecular flexibility index (Phi) is 4.15. The fourth-order valence-electron chi connectivity index (χ4n) is 1.49. The molecule has 74 valence electrons. The second-order valence-corrected chi connectivity index (χ2v) is 3.38. The maximum absolute atomic E-state index is 9.89. The molecule has 0 saturated carbocycles. The van der Waals surface area contributed by atoms with Crippen LogP contribution in [0.5, 0.6) is 0 Å². The van der Waals surface area contributed by atoms with Crippen molar-refractivity contribution in [2.24, 2.45) is 5.92 Å². The molecule has 1 aromatic rings. The topological polar surface area (TPSA) is 44.0 Å². The lowest BCUT2D eigenvalue weighted by atomic mass is 9.93. The smallest absolute Gasteiger partial charge is 0.0948 e. The van der Waals surface area contributed by atoms with Crippen molar-refractivity contribution in [1.82, 2.24) is 0 Å². The highest BCUT2D eigenvalue weighted by Gasteiger charge is 2.18. The summed E-state index contributed by atoms with van der Waals surface area (Å²) in [6.45, 7) is 2.02. The van der Waals surface area contributed by atoms with Gasteiger partial charge in [-0.3, -0.25) is 0 Å². The lowest BCUT2D eigenvalue weighted by Crippen LogP contribution is -2.10. The highest BCUT2D eigenvalue weighted by Crippen LogP contribution is 2.24. The largest absolute Gasteiger partial charge is 0.387 e. The van der Waals surface area contributed by atoms with E-state index >= 15 is 0 Å². The van der Waals surface area contributed by atoms with Crippen LogP contribution in [0.25, 0.3) is 0 Å². The van der Waals surface area contributed by atoms with Gasteiger partial charge in [0.1, 0.15) is 0 Å². The van der Waals surface area contributed by atoms with E-state index < -0.39 is 6.10 Å². The third kappa shape index (κ3) is 2.58. The van der Waals surface area contributed by atoms with E-state index in [1.807, 2.05) is 37.3 Å². The number of hydrogen-bond acceptors (Lipinski definition) is 2. The molecule has 0 unspecified atom stereocenters. The molecule has 0 aliphatic rings. The van der Waals surface area contributed by atoms with Gasteiger partial charge in [-0.15, -0.1) is 0 Å². The molecule has 0 aliphatic carbocycles. The maximum atomic E-state index is 9.89. The van der Waals surface area contributed by atoms with Crippen molar-refractivity contribution in [2.45, 2.75) is 25.9 Å². The molecule has 0 amide bonds. The van der Waals surface area contributed by atoms with Crippen molar-refractivity contribution < 1.29 is 5.11 Å². The number of nitriles is 1. The van der Waals surface area contributed by atoms with Crippen molar-refractivity contribution in [3.63, 3.8) is 0 Å². The number of rotatable bonds is 4. The van der Waals surface area contributed by atoms with E-state index in [1.54, 1.807) is 0 Å². The third-order valence-corrected chi connectivity index (χ3v) is 2.29. The van der Waals surface area contributed by atoms with Crippen LogP contribution >= 0.6 is 0 Å².